The van der Waals surface area contributed by atoms with Crippen molar-refractivity contribution in [3.05, 3.63) is 65.7 Å². The van der Waals surface area contributed by atoms with Crippen molar-refractivity contribution in [1.82, 2.24) is 5.32 Å². The Hall–Kier alpha value is -1.84. The van der Waals surface area contributed by atoms with Gasteiger partial charge in [0.2, 0.25) is 0 Å². The van der Waals surface area contributed by atoms with Crippen molar-refractivity contribution in [3.63, 3.8) is 0 Å². The first kappa shape index (κ1) is 15.5. The molecule has 3 nitrogen and oxygen atoms in total. The van der Waals surface area contributed by atoms with Gasteiger partial charge in [-0.25, -0.2) is 0 Å². The molecule has 21 heavy (non-hydrogen) atoms. The number of aliphatic hydroxyl groups is 1. The molecule has 0 aliphatic heterocycles. The largest absolute Gasteiger partial charge is 0.497 e. The van der Waals surface area contributed by atoms with Gasteiger partial charge < -0.3 is 15.2 Å². The molecule has 0 aliphatic rings. The summed E-state index contributed by atoms with van der Waals surface area (Å²) in [5.74, 6) is 1.23. The zero-order valence-electron chi connectivity index (χ0n) is 12.6. The van der Waals surface area contributed by atoms with Crippen LogP contribution in [0.5, 0.6) is 5.75 Å². The van der Waals surface area contributed by atoms with Crippen LogP contribution in [-0.4, -0.2) is 25.3 Å². The molecule has 0 radical (unpaired) electrons. The van der Waals surface area contributed by atoms with Crippen molar-refractivity contribution in [1.29, 1.82) is 0 Å². The number of rotatable bonds is 7. The van der Waals surface area contributed by atoms with Gasteiger partial charge in [-0.05, 0) is 29.2 Å². The van der Waals surface area contributed by atoms with Gasteiger partial charge in [-0.2, -0.15) is 0 Å². The molecule has 0 bridgehead atoms. The number of ether oxygens (including phenoxy) is 1. The Morgan fingerprint density at radius 2 is 1.62 bits per heavy atom. The van der Waals surface area contributed by atoms with Crippen LogP contribution in [0.2, 0.25) is 0 Å². The Kier molecular flexibility index (Phi) is 5.78. The Morgan fingerprint density at radius 3 is 2.24 bits per heavy atom. The number of methoxy groups -OCH3 is 1. The van der Waals surface area contributed by atoms with Crippen LogP contribution in [0.1, 0.15) is 30.1 Å². The topological polar surface area (TPSA) is 41.5 Å². The number of aliphatic hydroxyl groups excluding tert-OH is 1. The van der Waals surface area contributed by atoms with Crippen LogP contribution in [-0.2, 0) is 0 Å². The lowest BCUT2D eigenvalue weighted by Crippen LogP contribution is -2.25. The average molecular weight is 285 g/mol. The highest BCUT2D eigenvalue weighted by molar-refractivity contribution is 5.28. The molecule has 0 fully saturated rings. The number of benzene rings is 2. The molecule has 0 aliphatic carbocycles. The van der Waals surface area contributed by atoms with Gasteiger partial charge in [0.15, 0.2) is 0 Å². The van der Waals surface area contributed by atoms with Crippen LogP contribution in [0, 0.1) is 0 Å². The first-order chi connectivity index (χ1) is 10.2. The van der Waals surface area contributed by atoms with E-state index in [9.17, 15) is 5.11 Å². The quantitative estimate of drug-likeness (QED) is 0.821. The van der Waals surface area contributed by atoms with E-state index in [2.05, 4.69) is 36.5 Å². The first-order valence-electron chi connectivity index (χ1n) is 7.28. The average Bonchev–Trinajstić information content (AvgIpc) is 2.55. The monoisotopic (exact) mass is 285 g/mol. The van der Waals surface area contributed by atoms with Crippen molar-refractivity contribution in [2.24, 2.45) is 0 Å². The van der Waals surface area contributed by atoms with Gasteiger partial charge in [0.05, 0.1) is 13.2 Å². The molecule has 2 aromatic carbocycles. The second-order valence-electron chi connectivity index (χ2n) is 5.26. The normalized spacial score (nSPS) is 13.7. The zero-order chi connectivity index (χ0) is 15.1. The van der Waals surface area contributed by atoms with E-state index in [1.807, 2.05) is 30.3 Å². The maximum Gasteiger partial charge on any atom is 0.118 e. The number of hydrogen-bond acceptors (Lipinski definition) is 3. The van der Waals surface area contributed by atoms with Gasteiger partial charge in [0, 0.05) is 13.1 Å². The fraction of sp³-hybridized carbons (Fsp3) is 0.333. The molecule has 2 rings (SSSR count). The third-order valence-electron chi connectivity index (χ3n) is 3.66. The molecule has 2 aromatic rings. The minimum absolute atomic E-state index is 0.425. The molecular formula is C18H23NO2. The second kappa shape index (κ2) is 7.81. The summed E-state index contributed by atoms with van der Waals surface area (Å²) in [6, 6.07) is 17.9. The minimum Gasteiger partial charge on any atom is -0.497 e. The van der Waals surface area contributed by atoms with Gasteiger partial charge in [0.25, 0.3) is 0 Å². The second-order valence-corrected chi connectivity index (χ2v) is 5.26. The Bertz CT molecular complexity index is 525. The van der Waals surface area contributed by atoms with Crippen LogP contribution in [0.4, 0.5) is 0 Å². The highest BCUT2D eigenvalue weighted by atomic mass is 16.5. The minimum atomic E-state index is -0.501. The summed E-state index contributed by atoms with van der Waals surface area (Å²) in [7, 11) is 1.64. The molecule has 112 valence electrons. The molecule has 2 atom stereocenters. The summed E-state index contributed by atoms with van der Waals surface area (Å²) in [6.07, 6.45) is -0.501. The molecule has 0 heterocycles. The van der Waals surface area contributed by atoms with E-state index in [4.69, 9.17) is 4.74 Å². The lowest BCUT2D eigenvalue weighted by molar-refractivity contribution is 0.174. The summed E-state index contributed by atoms with van der Waals surface area (Å²) in [4.78, 5) is 0. The first-order valence-corrected chi connectivity index (χ1v) is 7.28. The lowest BCUT2D eigenvalue weighted by Gasteiger charge is -2.16. The van der Waals surface area contributed by atoms with Crippen molar-refractivity contribution in [2.75, 3.05) is 20.2 Å². The van der Waals surface area contributed by atoms with Gasteiger partial charge in [-0.15, -0.1) is 0 Å². The van der Waals surface area contributed by atoms with E-state index >= 15 is 0 Å². The van der Waals surface area contributed by atoms with Gasteiger partial charge in [-0.1, -0.05) is 49.4 Å². The van der Waals surface area contributed by atoms with Gasteiger partial charge in [-0.3, -0.25) is 0 Å². The number of nitrogens with one attached hydrogen (secondary N) is 1. The third-order valence-corrected chi connectivity index (χ3v) is 3.66. The Balaban J connectivity index is 1.79. The molecular weight excluding hydrogens is 262 g/mol. The Morgan fingerprint density at radius 1 is 0.952 bits per heavy atom. The number of hydrogen-bond donors (Lipinski definition) is 2. The molecule has 0 spiro atoms. The highest BCUT2D eigenvalue weighted by Gasteiger charge is 2.09. The van der Waals surface area contributed by atoms with Crippen LogP contribution in [0.15, 0.2) is 54.6 Å². The van der Waals surface area contributed by atoms with Crippen LogP contribution in [0.3, 0.4) is 0 Å². The standard InChI is InChI=1S/C18H23NO2/c1-14(15-6-4-3-5-7-15)12-19-13-18(20)16-8-10-17(21-2)11-9-16/h3-11,14,18-20H,12-13H2,1-2H3. The van der Waals surface area contributed by atoms with Crippen molar-refractivity contribution >= 4 is 0 Å². The zero-order valence-corrected chi connectivity index (χ0v) is 12.6. The van der Waals surface area contributed by atoms with Crippen LogP contribution in [0.25, 0.3) is 0 Å². The summed E-state index contributed by atoms with van der Waals surface area (Å²) >= 11 is 0. The fourth-order valence-electron chi connectivity index (χ4n) is 2.28. The van der Waals surface area contributed by atoms with Crippen molar-refractivity contribution in [2.45, 2.75) is 18.9 Å². The van der Waals surface area contributed by atoms with E-state index in [1.165, 1.54) is 5.56 Å². The van der Waals surface area contributed by atoms with Crippen molar-refractivity contribution in [3.8, 4) is 5.75 Å². The van der Waals surface area contributed by atoms with E-state index in [1.54, 1.807) is 7.11 Å². The van der Waals surface area contributed by atoms with E-state index in [0.29, 0.717) is 12.5 Å². The summed E-state index contributed by atoms with van der Waals surface area (Å²) in [5.41, 5.74) is 2.21. The van der Waals surface area contributed by atoms with E-state index in [0.717, 1.165) is 17.9 Å². The summed E-state index contributed by atoms with van der Waals surface area (Å²) < 4.78 is 5.11. The molecule has 3 heteroatoms. The summed E-state index contributed by atoms with van der Waals surface area (Å²) in [6.45, 7) is 3.57. The third kappa shape index (κ3) is 4.59. The predicted molar refractivity (Wildman–Crippen MR) is 85.7 cm³/mol. The van der Waals surface area contributed by atoms with Crippen LogP contribution >= 0.6 is 0 Å². The molecule has 2 unspecified atom stereocenters. The Labute approximate surface area is 126 Å². The maximum absolute atomic E-state index is 10.2. The van der Waals surface area contributed by atoms with Gasteiger partial charge >= 0.3 is 0 Å². The molecule has 0 aromatic heterocycles. The van der Waals surface area contributed by atoms with E-state index < -0.39 is 6.10 Å². The molecule has 0 saturated carbocycles. The SMILES string of the molecule is COc1ccc(C(O)CNCC(C)c2ccccc2)cc1. The summed E-state index contributed by atoms with van der Waals surface area (Å²) in [5, 5.41) is 13.5. The highest BCUT2D eigenvalue weighted by Crippen LogP contribution is 2.17. The van der Waals surface area contributed by atoms with Gasteiger partial charge in [0.1, 0.15) is 5.75 Å². The lowest BCUT2D eigenvalue weighted by atomic mass is 10.0. The predicted octanol–water partition coefficient (Wildman–Crippen LogP) is 3.12. The molecule has 0 amide bonds. The van der Waals surface area contributed by atoms with E-state index in [-0.39, 0.29) is 0 Å². The fourth-order valence-corrected chi connectivity index (χ4v) is 2.28. The molecule has 0 saturated heterocycles. The van der Waals surface area contributed by atoms with Crippen LogP contribution < -0.4 is 10.1 Å². The maximum atomic E-state index is 10.2. The smallest absolute Gasteiger partial charge is 0.118 e. The molecule has 2 N–H and O–H groups in total. The van der Waals surface area contributed by atoms with Crippen molar-refractivity contribution < 1.29 is 9.84 Å².